The molecule has 0 saturated carbocycles. The summed E-state index contributed by atoms with van der Waals surface area (Å²) in [6, 6.07) is 7.15. The van der Waals surface area contributed by atoms with E-state index >= 15 is 0 Å². The molecular weight excluding hydrogens is 360 g/mol. The van der Waals surface area contributed by atoms with Crippen molar-refractivity contribution >= 4 is 31.9 Å². The number of carbonyl (C=O) groups is 1. The molecule has 0 radical (unpaired) electrons. The van der Waals surface area contributed by atoms with Gasteiger partial charge in [-0.3, -0.25) is 4.79 Å². The SMILES string of the molecule is C[C@H](Oc1ccc(Br)cc1)C(=O)N1CC[C@@H](S(N)(=O)=O)C1. The Bertz CT molecular complexity index is 618. The monoisotopic (exact) mass is 376 g/mol. The van der Waals surface area contributed by atoms with Gasteiger partial charge in [0.05, 0.1) is 5.25 Å². The fourth-order valence-corrected chi connectivity index (χ4v) is 3.31. The number of benzene rings is 1. The quantitative estimate of drug-likeness (QED) is 0.851. The van der Waals surface area contributed by atoms with Gasteiger partial charge in [-0.25, -0.2) is 13.6 Å². The van der Waals surface area contributed by atoms with Crippen LogP contribution >= 0.6 is 15.9 Å². The van der Waals surface area contributed by atoms with E-state index in [0.717, 1.165) is 4.47 Å². The zero-order chi connectivity index (χ0) is 15.6. The van der Waals surface area contributed by atoms with Crippen molar-refractivity contribution in [3.05, 3.63) is 28.7 Å². The minimum atomic E-state index is -3.60. The van der Waals surface area contributed by atoms with E-state index in [1.165, 1.54) is 4.90 Å². The van der Waals surface area contributed by atoms with E-state index in [4.69, 9.17) is 9.88 Å². The van der Waals surface area contributed by atoms with Gasteiger partial charge in [0.15, 0.2) is 6.10 Å². The number of nitrogens with zero attached hydrogens (tertiary/aromatic N) is 1. The van der Waals surface area contributed by atoms with E-state index in [-0.39, 0.29) is 12.5 Å². The lowest BCUT2D eigenvalue weighted by Crippen LogP contribution is -2.40. The number of hydrogen-bond acceptors (Lipinski definition) is 4. The predicted octanol–water partition coefficient (Wildman–Crippen LogP) is 1.11. The average Bonchev–Trinajstić information content (AvgIpc) is 2.90. The van der Waals surface area contributed by atoms with Crippen LogP contribution in [-0.2, 0) is 14.8 Å². The van der Waals surface area contributed by atoms with E-state index in [0.29, 0.717) is 18.7 Å². The lowest BCUT2D eigenvalue weighted by atomic mass is 10.3. The normalized spacial score (nSPS) is 20.3. The molecule has 0 spiro atoms. The number of hydrogen-bond donors (Lipinski definition) is 1. The lowest BCUT2D eigenvalue weighted by Gasteiger charge is -2.21. The third-order valence-corrected chi connectivity index (χ3v) is 5.24. The van der Waals surface area contributed by atoms with Crippen LogP contribution in [0.1, 0.15) is 13.3 Å². The van der Waals surface area contributed by atoms with Gasteiger partial charge < -0.3 is 9.64 Å². The standard InChI is InChI=1S/C13H17BrN2O4S/c1-9(20-11-4-2-10(14)3-5-11)13(17)16-7-6-12(8-16)21(15,18)19/h2-5,9,12H,6-8H2,1H3,(H2,15,18,19)/t9-,12+/m0/s1. The van der Waals surface area contributed by atoms with Gasteiger partial charge in [0.25, 0.3) is 5.91 Å². The molecule has 1 aliphatic heterocycles. The second kappa shape index (κ2) is 6.33. The van der Waals surface area contributed by atoms with E-state index < -0.39 is 21.4 Å². The molecule has 8 heteroatoms. The summed E-state index contributed by atoms with van der Waals surface area (Å²) in [5, 5.41) is 4.44. The summed E-state index contributed by atoms with van der Waals surface area (Å²) in [4.78, 5) is 13.7. The number of halogens is 1. The highest BCUT2D eigenvalue weighted by Crippen LogP contribution is 2.20. The second-order valence-electron chi connectivity index (χ2n) is 5.00. The Morgan fingerprint density at radius 2 is 2.05 bits per heavy atom. The fraction of sp³-hybridized carbons (Fsp3) is 0.462. The highest BCUT2D eigenvalue weighted by molar-refractivity contribution is 9.10. The molecule has 0 aromatic heterocycles. The Kier molecular flexibility index (Phi) is 4.90. The molecule has 1 aromatic rings. The minimum absolute atomic E-state index is 0.131. The molecule has 0 bridgehead atoms. The van der Waals surface area contributed by atoms with Crippen LogP contribution in [0.15, 0.2) is 28.7 Å². The molecule has 1 amide bonds. The van der Waals surface area contributed by atoms with Crippen LogP contribution in [0.25, 0.3) is 0 Å². The largest absolute Gasteiger partial charge is 0.481 e. The maximum atomic E-state index is 12.2. The number of primary sulfonamides is 1. The van der Waals surface area contributed by atoms with Crippen LogP contribution in [0.5, 0.6) is 5.75 Å². The van der Waals surface area contributed by atoms with Crippen LogP contribution in [0.4, 0.5) is 0 Å². The van der Waals surface area contributed by atoms with Crippen LogP contribution < -0.4 is 9.88 Å². The number of carbonyl (C=O) groups excluding carboxylic acids is 1. The van der Waals surface area contributed by atoms with Crippen LogP contribution in [0.3, 0.4) is 0 Å². The van der Waals surface area contributed by atoms with E-state index in [1.54, 1.807) is 19.1 Å². The fourth-order valence-electron chi connectivity index (χ4n) is 2.22. The summed E-state index contributed by atoms with van der Waals surface area (Å²) < 4.78 is 29.1. The van der Waals surface area contributed by atoms with Gasteiger partial charge in [-0.05, 0) is 37.6 Å². The zero-order valence-electron chi connectivity index (χ0n) is 11.5. The van der Waals surface area contributed by atoms with Crippen LogP contribution in [0, 0.1) is 0 Å². The van der Waals surface area contributed by atoms with Crippen molar-refractivity contribution in [2.24, 2.45) is 5.14 Å². The number of nitrogens with two attached hydrogens (primary N) is 1. The predicted molar refractivity (Wildman–Crippen MR) is 82.3 cm³/mol. The summed E-state index contributed by atoms with van der Waals surface area (Å²) >= 11 is 3.32. The molecule has 1 saturated heterocycles. The number of ether oxygens (including phenoxy) is 1. The number of likely N-dealkylation sites (tertiary alicyclic amines) is 1. The molecule has 1 heterocycles. The topological polar surface area (TPSA) is 89.7 Å². The molecular formula is C13H17BrN2O4S. The average molecular weight is 377 g/mol. The van der Waals surface area contributed by atoms with Crippen molar-refractivity contribution in [1.82, 2.24) is 4.90 Å². The summed E-state index contributed by atoms with van der Waals surface area (Å²) in [6.45, 7) is 2.16. The molecule has 2 N–H and O–H groups in total. The van der Waals surface area contributed by atoms with Crippen molar-refractivity contribution in [3.63, 3.8) is 0 Å². The van der Waals surface area contributed by atoms with Gasteiger partial charge in [0, 0.05) is 17.6 Å². The number of sulfonamides is 1. The minimum Gasteiger partial charge on any atom is -0.481 e. The van der Waals surface area contributed by atoms with Gasteiger partial charge in [-0.2, -0.15) is 0 Å². The van der Waals surface area contributed by atoms with Crippen molar-refractivity contribution in [1.29, 1.82) is 0 Å². The maximum absolute atomic E-state index is 12.2. The Labute approximate surface area is 132 Å². The van der Waals surface area contributed by atoms with E-state index in [1.807, 2.05) is 12.1 Å². The first-order chi connectivity index (χ1) is 9.77. The zero-order valence-corrected chi connectivity index (χ0v) is 13.9. The summed E-state index contributed by atoms with van der Waals surface area (Å²) in [5.41, 5.74) is 0. The third-order valence-electron chi connectivity index (χ3n) is 3.40. The summed E-state index contributed by atoms with van der Waals surface area (Å²) in [6.07, 6.45) is -0.305. The van der Waals surface area contributed by atoms with Crippen LogP contribution in [-0.4, -0.2) is 43.7 Å². The highest BCUT2D eigenvalue weighted by Gasteiger charge is 2.35. The van der Waals surface area contributed by atoms with Gasteiger partial charge in [0.1, 0.15) is 5.75 Å². The second-order valence-corrected chi connectivity index (χ2v) is 7.76. The first-order valence-corrected chi connectivity index (χ1v) is 8.90. The van der Waals surface area contributed by atoms with Crippen molar-refractivity contribution in [2.45, 2.75) is 24.7 Å². The van der Waals surface area contributed by atoms with Gasteiger partial charge in [-0.15, -0.1) is 0 Å². The molecule has 0 unspecified atom stereocenters. The lowest BCUT2D eigenvalue weighted by molar-refractivity contribution is -0.136. The van der Waals surface area contributed by atoms with E-state index in [9.17, 15) is 13.2 Å². The molecule has 0 aliphatic carbocycles. The molecule has 1 aliphatic rings. The van der Waals surface area contributed by atoms with E-state index in [2.05, 4.69) is 15.9 Å². The van der Waals surface area contributed by atoms with Gasteiger partial charge >= 0.3 is 0 Å². The Hall–Kier alpha value is -1.12. The van der Waals surface area contributed by atoms with Crippen molar-refractivity contribution in [2.75, 3.05) is 13.1 Å². The number of rotatable bonds is 4. The molecule has 6 nitrogen and oxygen atoms in total. The summed E-state index contributed by atoms with van der Waals surface area (Å²) in [5.74, 6) is 0.352. The smallest absolute Gasteiger partial charge is 0.263 e. The first kappa shape index (κ1) is 16.3. The van der Waals surface area contributed by atoms with Crippen molar-refractivity contribution in [3.8, 4) is 5.75 Å². The third kappa shape index (κ3) is 4.18. The Balaban J connectivity index is 1.96. The molecule has 1 fully saturated rings. The molecule has 1 aromatic carbocycles. The van der Waals surface area contributed by atoms with Crippen LogP contribution in [0.2, 0.25) is 0 Å². The first-order valence-electron chi connectivity index (χ1n) is 6.50. The summed E-state index contributed by atoms with van der Waals surface area (Å²) in [7, 11) is -3.60. The number of amides is 1. The maximum Gasteiger partial charge on any atom is 0.263 e. The molecule has 2 atom stereocenters. The Morgan fingerprint density at radius 1 is 1.43 bits per heavy atom. The van der Waals surface area contributed by atoms with Crippen molar-refractivity contribution < 1.29 is 17.9 Å². The van der Waals surface area contributed by atoms with Gasteiger partial charge in [-0.1, -0.05) is 15.9 Å². The molecule has 21 heavy (non-hydrogen) atoms. The Morgan fingerprint density at radius 3 is 2.57 bits per heavy atom. The highest BCUT2D eigenvalue weighted by atomic mass is 79.9. The van der Waals surface area contributed by atoms with Gasteiger partial charge in [0.2, 0.25) is 10.0 Å². The molecule has 2 rings (SSSR count). The molecule has 116 valence electrons.